The summed E-state index contributed by atoms with van der Waals surface area (Å²) in [5.74, 6) is 0.277. The number of carbonyl (C=O) groups is 1. The molecule has 0 atom stereocenters. The molecule has 0 saturated carbocycles. The van der Waals surface area contributed by atoms with Gasteiger partial charge in [-0.3, -0.25) is 4.79 Å². The molecular formula is C18H17FN2O2. The van der Waals surface area contributed by atoms with Crippen LogP contribution in [0.5, 0.6) is 5.75 Å². The number of amides is 1. The summed E-state index contributed by atoms with van der Waals surface area (Å²) in [6.07, 6.45) is 0.451. The predicted octanol–water partition coefficient (Wildman–Crippen LogP) is 3.29. The van der Waals surface area contributed by atoms with Gasteiger partial charge in [0.1, 0.15) is 17.3 Å². The molecule has 1 amide bonds. The van der Waals surface area contributed by atoms with E-state index in [0.29, 0.717) is 24.2 Å². The van der Waals surface area contributed by atoms with Crippen molar-refractivity contribution in [3.63, 3.8) is 0 Å². The minimum atomic E-state index is -0.251. The van der Waals surface area contributed by atoms with Gasteiger partial charge in [-0.2, -0.15) is 0 Å². The van der Waals surface area contributed by atoms with Crippen molar-refractivity contribution in [3.05, 3.63) is 65.6 Å². The van der Waals surface area contributed by atoms with E-state index in [0.717, 1.165) is 16.7 Å². The Bertz CT molecular complexity index is 842. The van der Waals surface area contributed by atoms with Crippen molar-refractivity contribution in [1.29, 1.82) is 0 Å². The second kappa shape index (κ2) is 6.52. The average Bonchev–Trinajstić information content (AvgIpc) is 2.99. The van der Waals surface area contributed by atoms with Crippen molar-refractivity contribution in [1.82, 2.24) is 10.3 Å². The standard InChI is InChI=1S/C18H17FN2O2/c1-23-14-6-7-16-13(10-14)11-17(21-16)18(22)20-9-8-12-4-2-3-5-15(12)19/h2-7,10-11,21H,8-9H2,1H3,(H,20,22). The number of ether oxygens (including phenoxy) is 1. The summed E-state index contributed by atoms with van der Waals surface area (Å²) < 4.78 is 18.7. The quantitative estimate of drug-likeness (QED) is 0.759. The number of benzene rings is 2. The van der Waals surface area contributed by atoms with Crippen molar-refractivity contribution < 1.29 is 13.9 Å². The van der Waals surface area contributed by atoms with Crippen LogP contribution in [0.4, 0.5) is 4.39 Å². The van der Waals surface area contributed by atoms with E-state index < -0.39 is 0 Å². The molecule has 3 rings (SSSR count). The lowest BCUT2D eigenvalue weighted by atomic mass is 10.1. The fraction of sp³-hybridized carbons (Fsp3) is 0.167. The Morgan fingerprint density at radius 3 is 2.83 bits per heavy atom. The van der Waals surface area contributed by atoms with Gasteiger partial charge in [-0.1, -0.05) is 18.2 Å². The Balaban J connectivity index is 1.65. The maximum atomic E-state index is 13.5. The van der Waals surface area contributed by atoms with Crippen LogP contribution in [0.25, 0.3) is 10.9 Å². The molecule has 118 valence electrons. The number of nitrogens with one attached hydrogen (secondary N) is 2. The number of hydrogen-bond acceptors (Lipinski definition) is 2. The minimum Gasteiger partial charge on any atom is -0.497 e. The van der Waals surface area contributed by atoms with Gasteiger partial charge in [0.2, 0.25) is 0 Å². The molecule has 4 nitrogen and oxygen atoms in total. The minimum absolute atomic E-state index is 0.212. The molecule has 2 aromatic carbocycles. The van der Waals surface area contributed by atoms with Crippen molar-refractivity contribution in [2.24, 2.45) is 0 Å². The number of fused-ring (bicyclic) bond motifs is 1. The Kier molecular flexibility index (Phi) is 4.28. The third-order valence-electron chi connectivity index (χ3n) is 3.71. The van der Waals surface area contributed by atoms with Crippen LogP contribution in [-0.4, -0.2) is 24.5 Å². The lowest BCUT2D eigenvalue weighted by Gasteiger charge is -2.05. The molecule has 1 aromatic heterocycles. The van der Waals surface area contributed by atoms with Gasteiger partial charge in [-0.15, -0.1) is 0 Å². The molecular weight excluding hydrogens is 295 g/mol. The summed E-state index contributed by atoms with van der Waals surface area (Å²) in [6.45, 7) is 0.373. The highest BCUT2D eigenvalue weighted by Crippen LogP contribution is 2.21. The number of H-pyrrole nitrogens is 1. The van der Waals surface area contributed by atoms with E-state index in [1.165, 1.54) is 6.07 Å². The van der Waals surface area contributed by atoms with E-state index in [-0.39, 0.29) is 11.7 Å². The summed E-state index contributed by atoms with van der Waals surface area (Å²) in [7, 11) is 1.60. The van der Waals surface area contributed by atoms with Gasteiger partial charge in [0, 0.05) is 17.4 Å². The number of halogens is 1. The molecule has 2 N–H and O–H groups in total. The number of hydrogen-bond donors (Lipinski definition) is 2. The second-order valence-electron chi connectivity index (χ2n) is 5.23. The van der Waals surface area contributed by atoms with Gasteiger partial charge >= 0.3 is 0 Å². The van der Waals surface area contributed by atoms with Crippen molar-refractivity contribution in [2.45, 2.75) is 6.42 Å². The molecule has 0 fully saturated rings. The maximum absolute atomic E-state index is 13.5. The van der Waals surface area contributed by atoms with E-state index in [9.17, 15) is 9.18 Å². The summed E-state index contributed by atoms with van der Waals surface area (Å²) in [6, 6.07) is 13.9. The van der Waals surface area contributed by atoms with E-state index in [1.807, 2.05) is 18.2 Å². The van der Waals surface area contributed by atoms with Gasteiger partial charge in [0.15, 0.2) is 0 Å². The van der Waals surface area contributed by atoms with Crippen LogP contribution < -0.4 is 10.1 Å². The normalized spacial score (nSPS) is 10.7. The number of methoxy groups -OCH3 is 1. The molecule has 0 radical (unpaired) electrons. The van der Waals surface area contributed by atoms with Crippen molar-refractivity contribution in [2.75, 3.05) is 13.7 Å². The maximum Gasteiger partial charge on any atom is 0.267 e. The molecule has 0 aliphatic rings. The van der Waals surface area contributed by atoms with Crippen LogP contribution in [0.15, 0.2) is 48.5 Å². The Hall–Kier alpha value is -2.82. The first-order chi connectivity index (χ1) is 11.2. The third kappa shape index (κ3) is 3.34. The second-order valence-corrected chi connectivity index (χ2v) is 5.23. The molecule has 5 heteroatoms. The predicted molar refractivity (Wildman–Crippen MR) is 87.3 cm³/mol. The molecule has 23 heavy (non-hydrogen) atoms. The lowest BCUT2D eigenvalue weighted by Crippen LogP contribution is -2.26. The van der Waals surface area contributed by atoms with Crippen LogP contribution in [0.1, 0.15) is 16.1 Å². The zero-order valence-corrected chi connectivity index (χ0v) is 12.7. The van der Waals surface area contributed by atoms with Gasteiger partial charge in [-0.05, 0) is 42.3 Å². The molecule has 0 aliphatic heterocycles. The van der Waals surface area contributed by atoms with Gasteiger partial charge in [-0.25, -0.2) is 4.39 Å². The molecule has 0 saturated heterocycles. The van der Waals surface area contributed by atoms with Crippen LogP contribution in [0.2, 0.25) is 0 Å². The van der Waals surface area contributed by atoms with Crippen molar-refractivity contribution in [3.8, 4) is 5.75 Å². The number of carbonyl (C=O) groups excluding carboxylic acids is 1. The first-order valence-corrected chi connectivity index (χ1v) is 7.36. The summed E-state index contributed by atoms with van der Waals surface area (Å²) >= 11 is 0. The summed E-state index contributed by atoms with van der Waals surface area (Å²) in [5, 5.41) is 3.70. The SMILES string of the molecule is COc1ccc2[nH]c(C(=O)NCCc3ccccc3F)cc2c1. The van der Waals surface area contributed by atoms with Crippen LogP contribution in [0, 0.1) is 5.82 Å². The summed E-state index contributed by atoms with van der Waals surface area (Å²) in [5.41, 5.74) is 1.93. The molecule has 0 bridgehead atoms. The smallest absolute Gasteiger partial charge is 0.267 e. The highest BCUT2D eigenvalue weighted by molar-refractivity contribution is 5.98. The monoisotopic (exact) mass is 312 g/mol. The molecule has 1 heterocycles. The number of aromatic nitrogens is 1. The Morgan fingerprint density at radius 1 is 1.22 bits per heavy atom. The van der Waals surface area contributed by atoms with Crippen molar-refractivity contribution >= 4 is 16.8 Å². The van der Waals surface area contributed by atoms with E-state index in [2.05, 4.69) is 10.3 Å². The first-order valence-electron chi connectivity index (χ1n) is 7.36. The Morgan fingerprint density at radius 2 is 2.04 bits per heavy atom. The molecule has 3 aromatic rings. The van der Waals surface area contributed by atoms with Gasteiger partial charge < -0.3 is 15.0 Å². The average molecular weight is 312 g/mol. The van der Waals surface area contributed by atoms with Crippen LogP contribution >= 0.6 is 0 Å². The molecule has 0 unspecified atom stereocenters. The van der Waals surface area contributed by atoms with Crippen LogP contribution in [0.3, 0.4) is 0 Å². The topological polar surface area (TPSA) is 54.1 Å². The molecule has 0 spiro atoms. The zero-order valence-electron chi connectivity index (χ0n) is 12.7. The van der Waals surface area contributed by atoms with E-state index >= 15 is 0 Å². The van der Waals surface area contributed by atoms with Crippen LogP contribution in [-0.2, 0) is 6.42 Å². The largest absolute Gasteiger partial charge is 0.497 e. The first kappa shape index (κ1) is 15.1. The fourth-order valence-electron chi connectivity index (χ4n) is 2.47. The highest BCUT2D eigenvalue weighted by atomic mass is 19.1. The molecule has 0 aliphatic carbocycles. The fourth-order valence-corrected chi connectivity index (χ4v) is 2.47. The van der Waals surface area contributed by atoms with E-state index in [4.69, 9.17) is 4.74 Å². The van der Waals surface area contributed by atoms with Gasteiger partial charge in [0.05, 0.1) is 7.11 Å². The summed E-state index contributed by atoms with van der Waals surface area (Å²) in [4.78, 5) is 15.2. The third-order valence-corrected chi connectivity index (χ3v) is 3.71. The number of aromatic amines is 1. The van der Waals surface area contributed by atoms with Gasteiger partial charge in [0.25, 0.3) is 5.91 Å². The lowest BCUT2D eigenvalue weighted by molar-refractivity contribution is 0.0950. The van der Waals surface area contributed by atoms with E-state index in [1.54, 1.807) is 31.4 Å². The zero-order chi connectivity index (χ0) is 16.2. The number of rotatable bonds is 5. The Labute approximate surface area is 133 Å². The highest BCUT2D eigenvalue weighted by Gasteiger charge is 2.10.